The molecule has 13 heteroatoms. The molecule has 1 aliphatic heterocycles. The van der Waals surface area contributed by atoms with Gasteiger partial charge in [0.25, 0.3) is 4.93 Å². The van der Waals surface area contributed by atoms with Crippen molar-refractivity contribution in [3.63, 3.8) is 0 Å². The molecule has 63 heavy (non-hydrogen) atoms. The third-order valence-corrected chi connectivity index (χ3v) is 21.0. The fourth-order valence-corrected chi connectivity index (χ4v) is 12.2. The van der Waals surface area contributed by atoms with Gasteiger partial charge in [0.2, 0.25) is 5.91 Å². The van der Waals surface area contributed by atoms with E-state index in [9.17, 15) is 43.0 Å². The number of amides is 1. The van der Waals surface area contributed by atoms with Crippen molar-refractivity contribution in [1.82, 2.24) is 5.32 Å². The number of unbranched alkanes of at least 4 members (excludes halogenated alkanes) is 10. The molecular weight excluding hydrogens is 835 g/mol. The molecule has 1 heterocycles. The Morgan fingerprint density at radius 1 is 0.698 bits per heavy atom. The molecule has 0 aliphatic carbocycles. The van der Waals surface area contributed by atoms with Crippen LogP contribution in [0, 0.1) is 0 Å². The van der Waals surface area contributed by atoms with E-state index in [1.807, 2.05) is 45.0 Å². The van der Waals surface area contributed by atoms with E-state index in [1.54, 1.807) is 13.1 Å². The standard InChI is InChI=1S/C50H71NO10SSi/c1-48(2,3)63(4,5)47(55)45-50(57,62(58,59)60)49(56,42(52)34-16-12-8-6-10-14-24-36-28-22-30-38-26-18-20-32-40(36)38)44(46(54)61-45)51-43(53)35-17-13-9-7-11-15-25-37-29-23-31-39-27-19-21-33-41(37)39/h18-23,26-33,44-47,54-57H,6-17,24-25,34-35H2,1-5H3,(H,51,53)(H,58,59,60)/t44-,45-,46+,47?,49-,50+/m1/s1. The molecule has 1 aliphatic rings. The summed E-state index contributed by atoms with van der Waals surface area (Å²) in [5.41, 5.74) is -2.70. The minimum absolute atomic E-state index is 0.0791. The number of nitrogens with one attached hydrogen (secondary N) is 1. The minimum atomic E-state index is -5.85. The highest BCUT2D eigenvalue weighted by Crippen LogP contribution is 2.48. The van der Waals surface area contributed by atoms with Gasteiger partial charge in [-0.15, -0.1) is 0 Å². The first-order valence-electron chi connectivity index (χ1n) is 22.9. The number of ether oxygens (including phenoxy) is 1. The fraction of sp³-hybridized carbons (Fsp3) is 0.560. The van der Waals surface area contributed by atoms with Gasteiger partial charge >= 0.3 is 10.1 Å². The van der Waals surface area contributed by atoms with Crippen LogP contribution in [0.25, 0.3) is 21.5 Å². The van der Waals surface area contributed by atoms with Gasteiger partial charge in [-0.25, -0.2) is 0 Å². The highest BCUT2D eigenvalue weighted by atomic mass is 32.2. The number of ketones is 1. The first kappa shape index (κ1) is 50.5. The average Bonchev–Trinajstić information content (AvgIpc) is 3.24. The Hall–Kier alpha value is -3.53. The van der Waals surface area contributed by atoms with E-state index in [-0.39, 0.29) is 12.8 Å². The number of aliphatic hydroxyl groups excluding tert-OH is 2. The van der Waals surface area contributed by atoms with Gasteiger partial charge in [0.15, 0.2) is 17.7 Å². The van der Waals surface area contributed by atoms with Crippen LogP contribution in [0.4, 0.5) is 0 Å². The van der Waals surface area contributed by atoms with E-state index in [1.165, 1.54) is 32.7 Å². The quantitative estimate of drug-likeness (QED) is 0.0239. The predicted octanol–water partition coefficient (Wildman–Crippen LogP) is 8.73. The number of hydrogen-bond acceptors (Lipinski definition) is 9. The van der Waals surface area contributed by atoms with Gasteiger partial charge in [0, 0.05) is 12.8 Å². The fourth-order valence-electron chi connectivity index (χ4n) is 9.04. The molecule has 346 valence electrons. The molecule has 0 bridgehead atoms. The molecule has 1 fully saturated rings. The number of Topliss-reactive ketones (excluding diaryl/α,β-unsaturated/α-hetero) is 1. The lowest BCUT2D eigenvalue weighted by Crippen LogP contribution is -2.84. The predicted molar refractivity (Wildman–Crippen MR) is 252 cm³/mol. The molecule has 0 spiro atoms. The Morgan fingerprint density at radius 3 is 1.60 bits per heavy atom. The van der Waals surface area contributed by atoms with Crippen LogP contribution in [0.1, 0.15) is 122 Å². The zero-order chi connectivity index (χ0) is 46.1. The van der Waals surface area contributed by atoms with Crippen molar-refractivity contribution in [2.45, 2.75) is 176 Å². The number of hydrogen-bond donors (Lipinski definition) is 6. The molecule has 1 amide bonds. The zero-order valence-corrected chi connectivity index (χ0v) is 39.7. The topological polar surface area (TPSA) is 191 Å². The van der Waals surface area contributed by atoms with Crippen molar-refractivity contribution in [3.8, 4) is 0 Å². The second-order valence-corrected chi connectivity index (χ2v) is 26.4. The molecule has 0 aromatic heterocycles. The molecule has 6 atom stereocenters. The molecule has 0 saturated carbocycles. The Labute approximate surface area is 375 Å². The summed E-state index contributed by atoms with van der Waals surface area (Å²) in [4.78, 5) is 23.9. The molecule has 4 aromatic rings. The SMILES string of the molecule is CC(C)(C)[Si](C)(C)C(O)[C@H]1O[C@H](O)[C@@H](NC(=O)CCCCCCCCc2cccc3ccccc23)[C@](O)(C(=O)CCCCCCCCc2cccc3ccccc23)[C@@]1(O)S(=O)(=O)O. The maximum atomic E-state index is 14.3. The number of carbonyl (C=O) groups is 2. The third-order valence-electron chi connectivity index (χ3n) is 14.0. The summed E-state index contributed by atoms with van der Waals surface area (Å²) in [5, 5.41) is 54.6. The summed E-state index contributed by atoms with van der Waals surface area (Å²) in [7, 11) is -8.97. The summed E-state index contributed by atoms with van der Waals surface area (Å²) in [5.74, 6) is -1.92. The first-order valence-corrected chi connectivity index (χ1v) is 27.5. The lowest BCUT2D eigenvalue weighted by Gasteiger charge is -2.56. The van der Waals surface area contributed by atoms with Crippen LogP contribution >= 0.6 is 0 Å². The van der Waals surface area contributed by atoms with Crippen molar-refractivity contribution in [1.29, 1.82) is 0 Å². The Bertz CT molecular complexity index is 2250. The molecule has 4 aromatic carbocycles. The number of benzene rings is 4. The van der Waals surface area contributed by atoms with E-state index in [0.717, 1.165) is 64.2 Å². The van der Waals surface area contributed by atoms with E-state index in [0.29, 0.717) is 19.3 Å². The van der Waals surface area contributed by atoms with Crippen molar-refractivity contribution < 1.29 is 47.7 Å². The summed E-state index contributed by atoms with van der Waals surface area (Å²) >= 11 is 0. The van der Waals surface area contributed by atoms with Crippen molar-refractivity contribution >= 4 is 51.4 Å². The van der Waals surface area contributed by atoms with Gasteiger partial charge in [-0.05, 0) is 76.2 Å². The number of carbonyl (C=O) groups excluding carboxylic acids is 2. The lowest BCUT2D eigenvalue weighted by molar-refractivity contribution is -0.299. The highest BCUT2D eigenvalue weighted by molar-refractivity contribution is 7.87. The van der Waals surface area contributed by atoms with Gasteiger partial charge in [0.05, 0.1) is 13.8 Å². The number of fused-ring (bicyclic) bond motifs is 2. The number of aryl methyl sites for hydroxylation is 2. The zero-order valence-electron chi connectivity index (χ0n) is 37.9. The summed E-state index contributed by atoms with van der Waals surface area (Å²) in [6.07, 6.45) is 6.06. The Morgan fingerprint density at radius 2 is 1.13 bits per heavy atom. The van der Waals surface area contributed by atoms with E-state index < -0.39 is 76.0 Å². The van der Waals surface area contributed by atoms with Crippen LogP contribution in [0.15, 0.2) is 84.9 Å². The van der Waals surface area contributed by atoms with Gasteiger partial charge < -0.3 is 30.5 Å². The van der Waals surface area contributed by atoms with Crippen molar-refractivity contribution in [2.75, 3.05) is 0 Å². The molecule has 1 saturated heterocycles. The molecule has 1 unspecified atom stereocenters. The van der Waals surface area contributed by atoms with Gasteiger partial charge in [0.1, 0.15) is 12.1 Å². The van der Waals surface area contributed by atoms with Crippen LogP contribution in [-0.4, -0.2) is 87.9 Å². The lowest BCUT2D eigenvalue weighted by atomic mass is 9.76. The van der Waals surface area contributed by atoms with Crippen LogP contribution < -0.4 is 5.32 Å². The number of rotatable bonds is 23. The highest BCUT2D eigenvalue weighted by Gasteiger charge is 2.76. The monoisotopic (exact) mass is 905 g/mol. The molecule has 5 rings (SSSR count). The Kier molecular flexibility index (Phi) is 17.3. The summed E-state index contributed by atoms with van der Waals surface area (Å²) in [6.45, 7) is 8.85. The molecule has 6 N–H and O–H groups in total. The van der Waals surface area contributed by atoms with Crippen LogP contribution in [0.3, 0.4) is 0 Å². The second-order valence-electron chi connectivity index (χ2n) is 19.3. The van der Waals surface area contributed by atoms with E-state index in [2.05, 4.69) is 66.0 Å². The van der Waals surface area contributed by atoms with Crippen molar-refractivity contribution in [3.05, 3.63) is 96.1 Å². The Balaban J connectivity index is 1.20. The van der Waals surface area contributed by atoms with Crippen LogP contribution in [-0.2, 0) is 37.3 Å². The maximum absolute atomic E-state index is 14.3. The first-order chi connectivity index (χ1) is 29.7. The third kappa shape index (κ3) is 11.5. The van der Waals surface area contributed by atoms with Crippen LogP contribution in [0.5, 0.6) is 0 Å². The smallest absolute Gasteiger partial charge is 0.301 e. The van der Waals surface area contributed by atoms with Crippen molar-refractivity contribution in [2.24, 2.45) is 0 Å². The van der Waals surface area contributed by atoms with E-state index in [4.69, 9.17) is 4.74 Å². The largest absolute Gasteiger partial charge is 0.394 e. The second kappa shape index (κ2) is 21.6. The normalized spacial score (nSPS) is 22.6. The van der Waals surface area contributed by atoms with Gasteiger partial charge in [-0.3, -0.25) is 14.1 Å². The average molecular weight is 906 g/mol. The maximum Gasteiger partial charge on any atom is 0.301 e. The minimum Gasteiger partial charge on any atom is -0.394 e. The summed E-state index contributed by atoms with van der Waals surface area (Å²) in [6, 6.07) is 27.1. The van der Waals surface area contributed by atoms with Gasteiger partial charge in [-0.2, -0.15) is 8.42 Å². The molecular formula is C50H71NO10SSi. The molecule has 11 nitrogen and oxygen atoms in total. The van der Waals surface area contributed by atoms with Crippen LogP contribution in [0.2, 0.25) is 18.1 Å². The van der Waals surface area contributed by atoms with Gasteiger partial charge in [-0.1, -0.05) is 170 Å². The number of aliphatic hydroxyl groups is 4. The summed E-state index contributed by atoms with van der Waals surface area (Å²) < 4.78 is 43.2. The molecule has 0 radical (unpaired) electrons. The van der Waals surface area contributed by atoms with E-state index >= 15 is 0 Å².